The molecule has 1 aliphatic carbocycles. The van der Waals surface area contributed by atoms with Gasteiger partial charge in [0.1, 0.15) is 13.2 Å². The number of aromatic nitrogens is 1. The highest BCUT2D eigenvalue weighted by Crippen LogP contribution is 2.52. The minimum atomic E-state index is -1.38. The first kappa shape index (κ1) is 20.5. The number of carbonyl (C=O) groups excluding carboxylic acids is 1. The second-order valence-corrected chi connectivity index (χ2v) is 8.08. The van der Waals surface area contributed by atoms with E-state index in [1.54, 1.807) is 6.20 Å². The van der Waals surface area contributed by atoms with Crippen LogP contribution in [0.1, 0.15) is 51.8 Å². The zero-order valence-corrected chi connectivity index (χ0v) is 17.3. The maximum absolute atomic E-state index is 12.3. The van der Waals surface area contributed by atoms with Crippen LogP contribution < -0.4 is 0 Å². The average molecular weight is 386 g/mol. The number of nitrogens with zero attached hydrogens (tertiary/aromatic N) is 2. The minimum absolute atomic E-state index is 0.0541. The van der Waals surface area contributed by atoms with Gasteiger partial charge in [-0.1, -0.05) is 31.5 Å². The molecule has 1 saturated carbocycles. The number of aliphatic hydroxyl groups is 1. The number of hydrogen-bond donors (Lipinski definition) is 1. The number of hydrogen-bond acceptors (Lipinski definition) is 6. The van der Waals surface area contributed by atoms with Crippen LogP contribution in [0.4, 0.5) is 0 Å². The second kappa shape index (κ2) is 8.03. The van der Waals surface area contributed by atoms with Crippen molar-refractivity contribution in [3.05, 3.63) is 35.7 Å². The molecule has 2 fully saturated rings. The topological polar surface area (TPSA) is 81.0 Å². The predicted octanol–water partition coefficient (Wildman–Crippen LogP) is 3.44. The van der Waals surface area contributed by atoms with Crippen LogP contribution in [0.3, 0.4) is 0 Å². The van der Waals surface area contributed by atoms with E-state index < -0.39 is 11.6 Å². The van der Waals surface area contributed by atoms with Crippen LogP contribution in [0.25, 0.3) is 6.08 Å². The monoisotopic (exact) mass is 386 g/mol. The number of carbonyl (C=O) groups is 1. The van der Waals surface area contributed by atoms with Gasteiger partial charge < -0.3 is 14.7 Å². The largest absolute Gasteiger partial charge is 0.460 e. The van der Waals surface area contributed by atoms with Gasteiger partial charge in [-0.2, -0.15) is 0 Å². The van der Waals surface area contributed by atoms with Crippen molar-refractivity contribution < 1.29 is 19.5 Å². The van der Waals surface area contributed by atoms with Crippen molar-refractivity contribution in [3.63, 3.8) is 0 Å². The van der Waals surface area contributed by atoms with Crippen molar-refractivity contribution in [2.24, 2.45) is 28.8 Å². The molecule has 28 heavy (non-hydrogen) atoms. The van der Waals surface area contributed by atoms with Crippen LogP contribution in [0.15, 0.2) is 29.6 Å². The van der Waals surface area contributed by atoms with E-state index in [2.05, 4.69) is 30.1 Å². The fourth-order valence-corrected chi connectivity index (χ4v) is 5.06. The van der Waals surface area contributed by atoms with Crippen LogP contribution in [0, 0.1) is 23.7 Å². The fraction of sp³-hybridized carbons (Fsp3) is 0.591. The van der Waals surface area contributed by atoms with Crippen molar-refractivity contribution in [2.45, 2.75) is 52.2 Å². The number of fused-ring (bicyclic) bond motifs is 1. The van der Waals surface area contributed by atoms with Crippen LogP contribution in [0.5, 0.6) is 0 Å². The molecule has 1 saturated heterocycles. The number of allylic oxidation sites excluding steroid dienone is 1. The lowest BCUT2D eigenvalue weighted by molar-refractivity contribution is -0.160. The number of rotatable bonds is 5. The molecule has 6 heteroatoms. The molecule has 0 spiro atoms. The smallest absolute Gasteiger partial charge is 0.338 e. The molecule has 6 nitrogen and oxygen atoms in total. The molecule has 1 aromatic rings. The minimum Gasteiger partial charge on any atom is -0.460 e. The lowest BCUT2D eigenvalue weighted by atomic mass is 9.59. The van der Waals surface area contributed by atoms with Gasteiger partial charge in [0.2, 0.25) is 0 Å². The summed E-state index contributed by atoms with van der Waals surface area (Å²) in [6, 6.07) is 3.88. The summed E-state index contributed by atoms with van der Waals surface area (Å²) in [5.74, 6) is -0.0257. The maximum atomic E-state index is 12.3. The van der Waals surface area contributed by atoms with E-state index in [4.69, 9.17) is 9.57 Å². The van der Waals surface area contributed by atoms with Gasteiger partial charge in [0.05, 0.1) is 11.4 Å². The third-order valence-electron chi connectivity index (χ3n) is 6.37. The van der Waals surface area contributed by atoms with Gasteiger partial charge in [-0.15, -0.1) is 0 Å². The van der Waals surface area contributed by atoms with Gasteiger partial charge in [0, 0.05) is 17.7 Å². The molecule has 0 radical (unpaired) electrons. The Morgan fingerprint density at radius 1 is 1.46 bits per heavy atom. The number of pyridine rings is 1. The quantitative estimate of drug-likeness (QED) is 0.476. The molecule has 2 heterocycles. The Hall–Kier alpha value is -2.21. The number of cyclic esters (lactones) is 1. The Kier molecular flexibility index (Phi) is 5.89. The van der Waals surface area contributed by atoms with E-state index in [1.165, 1.54) is 7.11 Å². The summed E-state index contributed by atoms with van der Waals surface area (Å²) in [5.41, 5.74) is 1.10. The normalized spacial score (nSPS) is 35.7. The summed E-state index contributed by atoms with van der Waals surface area (Å²) in [7, 11) is 1.52. The molecule has 152 valence electrons. The Bertz CT molecular complexity index is 773. The first-order valence-electron chi connectivity index (χ1n) is 9.97. The maximum Gasteiger partial charge on any atom is 0.338 e. The van der Waals surface area contributed by atoms with Crippen LogP contribution in [0.2, 0.25) is 0 Å². The van der Waals surface area contributed by atoms with E-state index in [-0.39, 0.29) is 23.9 Å². The summed E-state index contributed by atoms with van der Waals surface area (Å²) in [4.78, 5) is 21.6. The molecule has 1 N–H and O–H groups in total. The van der Waals surface area contributed by atoms with Crippen LogP contribution >= 0.6 is 0 Å². The van der Waals surface area contributed by atoms with Gasteiger partial charge in [0.25, 0.3) is 0 Å². The van der Waals surface area contributed by atoms with Gasteiger partial charge in [-0.3, -0.25) is 4.98 Å². The average Bonchev–Trinajstić information content (AvgIpc) is 2.88. The standard InChI is InChI=1S/C22H30N2O4/c1-6-18-13(2)11-22(26)20(15(4)28-21(22)25)19(18)10-9-17-8-7-16(12-23-17)14(3)24-27-5/h7-10,12-13,15,18-20,26H,6,11H2,1-5H3/b10-9+,24-14?/t13-,15+,18+,19-,20-,22-/m0/s1. The van der Waals surface area contributed by atoms with Crippen LogP contribution in [-0.2, 0) is 14.4 Å². The highest BCUT2D eigenvalue weighted by atomic mass is 16.6. The Labute approximate surface area is 166 Å². The molecule has 2 aliphatic rings. The zero-order chi connectivity index (χ0) is 20.5. The lowest BCUT2D eigenvalue weighted by Crippen LogP contribution is -2.53. The molecular weight excluding hydrogens is 356 g/mol. The van der Waals surface area contributed by atoms with Crippen molar-refractivity contribution in [2.75, 3.05) is 7.11 Å². The van der Waals surface area contributed by atoms with Crippen molar-refractivity contribution in [1.29, 1.82) is 0 Å². The summed E-state index contributed by atoms with van der Waals surface area (Å²) in [5, 5.41) is 15.0. The summed E-state index contributed by atoms with van der Waals surface area (Å²) in [6.07, 6.45) is 7.01. The highest BCUT2D eigenvalue weighted by molar-refractivity contribution is 5.98. The van der Waals surface area contributed by atoms with E-state index in [9.17, 15) is 9.90 Å². The van der Waals surface area contributed by atoms with Crippen molar-refractivity contribution >= 4 is 17.8 Å². The molecule has 1 aliphatic heterocycles. The van der Waals surface area contributed by atoms with E-state index in [0.717, 1.165) is 23.4 Å². The second-order valence-electron chi connectivity index (χ2n) is 8.08. The van der Waals surface area contributed by atoms with Gasteiger partial charge in [-0.25, -0.2) is 4.79 Å². The SMILES string of the molecule is CC[C@H]1[C@H](/C=C/c2ccc(C(C)=NOC)cn2)[C@@H]2[C@@H](C)OC(=O)[C@]2(O)C[C@@H]1C. The molecule has 6 atom stereocenters. The molecule has 0 unspecified atom stereocenters. The first-order chi connectivity index (χ1) is 13.3. The van der Waals surface area contributed by atoms with Gasteiger partial charge >= 0.3 is 5.97 Å². The van der Waals surface area contributed by atoms with Gasteiger partial charge in [0.15, 0.2) is 5.60 Å². The Morgan fingerprint density at radius 2 is 2.21 bits per heavy atom. The first-order valence-corrected chi connectivity index (χ1v) is 9.97. The number of esters is 1. The van der Waals surface area contributed by atoms with Crippen molar-refractivity contribution in [3.8, 4) is 0 Å². The molecule has 1 aromatic heterocycles. The molecule has 3 rings (SSSR count). The summed E-state index contributed by atoms with van der Waals surface area (Å²) >= 11 is 0. The van der Waals surface area contributed by atoms with Crippen molar-refractivity contribution in [1.82, 2.24) is 4.98 Å². The lowest BCUT2D eigenvalue weighted by Gasteiger charge is -2.45. The van der Waals surface area contributed by atoms with E-state index in [0.29, 0.717) is 12.3 Å². The number of ether oxygens (including phenoxy) is 1. The van der Waals surface area contributed by atoms with E-state index in [1.807, 2.05) is 32.1 Å². The predicted molar refractivity (Wildman–Crippen MR) is 108 cm³/mol. The third-order valence-corrected chi connectivity index (χ3v) is 6.37. The van der Waals surface area contributed by atoms with E-state index >= 15 is 0 Å². The number of oxime groups is 1. The van der Waals surface area contributed by atoms with Gasteiger partial charge in [-0.05, 0) is 56.2 Å². The fourth-order valence-electron chi connectivity index (χ4n) is 5.06. The Morgan fingerprint density at radius 3 is 2.82 bits per heavy atom. The van der Waals surface area contributed by atoms with Crippen LogP contribution in [-0.4, -0.2) is 40.6 Å². The molecule has 0 amide bonds. The molecular formula is C22H30N2O4. The Balaban J connectivity index is 1.87. The highest BCUT2D eigenvalue weighted by Gasteiger charge is 2.62. The molecule has 0 bridgehead atoms. The third kappa shape index (κ3) is 3.58. The summed E-state index contributed by atoms with van der Waals surface area (Å²) in [6.45, 7) is 8.03. The zero-order valence-electron chi connectivity index (χ0n) is 17.3. The molecule has 0 aromatic carbocycles. The summed E-state index contributed by atoms with van der Waals surface area (Å²) < 4.78 is 5.44.